The van der Waals surface area contributed by atoms with E-state index in [2.05, 4.69) is 33.3 Å². The van der Waals surface area contributed by atoms with Crippen LogP contribution >= 0.6 is 11.6 Å². The van der Waals surface area contributed by atoms with Crippen molar-refractivity contribution in [2.75, 3.05) is 19.4 Å². The average Bonchev–Trinajstić information content (AvgIpc) is 3.31. The molecule has 2 heterocycles. The third-order valence-electron chi connectivity index (χ3n) is 4.72. The maximum absolute atomic E-state index is 12.6. The molecule has 3 N–H and O–H groups in total. The van der Waals surface area contributed by atoms with Crippen molar-refractivity contribution in [2.45, 2.75) is 37.6 Å². The van der Waals surface area contributed by atoms with E-state index in [9.17, 15) is 17.7 Å². The lowest BCUT2D eigenvalue weighted by molar-refractivity contribution is 0.455. The first-order valence-electron chi connectivity index (χ1n) is 9.57. The molecule has 10 nitrogen and oxygen atoms in total. The minimum atomic E-state index is -4.03. The zero-order valence-electron chi connectivity index (χ0n) is 18.1. The van der Waals surface area contributed by atoms with E-state index in [4.69, 9.17) is 16.0 Å². The first-order valence-corrected chi connectivity index (χ1v) is 12.5. The van der Waals surface area contributed by atoms with Gasteiger partial charge in [-0.05, 0) is 36.6 Å². The van der Waals surface area contributed by atoms with Crippen molar-refractivity contribution in [1.29, 1.82) is 0 Å². The summed E-state index contributed by atoms with van der Waals surface area (Å²) in [6.07, 6.45) is 1.68. The Bertz CT molecular complexity index is 1220. The highest BCUT2D eigenvalue weighted by Gasteiger charge is 2.29. The van der Waals surface area contributed by atoms with Crippen LogP contribution in [0, 0.1) is 0 Å². The Morgan fingerprint density at radius 3 is 2.44 bits per heavy atom. The van der Waals surface area contributed by atoms with Crippen LogP contribution < -0.4 is 10.6 Å². The van der Waals surface area contributed by atoms with Crippen LogP contribution in [0.4, 0.5) is 5.69 Å². The molecule has 2 atom stereocenters. The number of hydrogen-bond donors (Lipinski definition) is 3. The molecule has 1 aliphatic rings. The van der Waals surface area contributed by atoms with Crippen molar-refractivity contribution in [2.24, 2.45) is 8.80 Å². The number of hydrogen-bond acceptors (Lipinski definition) is 7. The number of nitrogens with zero attached hydrogens (tertiary/aromatic N) is 3. The van der Waals surface area contributed by atoms with Gasteiger partial charge in [-0.3, -0.25) is 0 Å². The highest BCUT2D eigenvalue weighted by molar-refractivity contribution is 7.89. The predicted octanol–water partition coefficient (Wildman–Crippen LogP) is 3.16. The number of aromatic hydroxyl groups is 1. The zero-order valence-corrected chi connectivity index (χ0v) is 20.5. The van der Waals surface area contributed by atoms with Gasteiger partial charge in [0.1, 0.15) is 10.7 Å². The molecule has 32 heavy (non-hydrogen) atoms. The highest BCUT2D eigenvalue weighted by atomic mass is 35.5. The van der Waals surface area contributed by atoms with Gasteiger partial charge in [-0.15, -0.1) is 8.80 Å². The summed E-state index contributed by atoms with van der Waals surface area (Å²) >= 11 is 4.15. The molecule has 2 unspecified atom stereocenters. The summed E-state index contributed by atoms with van der Waals surface area (Å²) < 4.78 is 51.5. The smallest absolute Gasteiger partial charge is 0.269 e. The Balaban J connectivity index is 1.86. The number of rotatable bonds is 6. The molecule has 3 rings (SSSR count). The summed E-state index contributed by atoms with van der Waals surface area (Å²) in [5.74, 6) is 0.602. The molecule has 0 saturated heterocycles. The Morgan fingerprint density at radius 2 is 1.84 bits per heavy atom. The van der Waals surface area contributed by atoms with Gasteiger partial charge in [0.05, 0.1) is 23.0 Å². The number of anilines is 1. The van der Waals surface area contributed by atoms with Gasteiger partial charge in [-0.2, -0.15) is 0 Å². The van der Waals surface area contributed by atoms with Gasteiger partial charge in [0.25, 0.3) is 11.2 Å². The standard InChI is InChI=1S/C19H24ClN5O5S2/c1-10(2)12-8-15(30-9-12)11(3)21-18-19(24-31(27)23-18)22-14-7-6-13(20)17(16(14)26)32(28,29)25(4)5/h6-11,26H,1-5H3,(H,21,23)(H,22,24). The monoisotopic (exact) mass is 501 g/mol. The van der Waals surface area contributed by atoms with E-state index in [1.807, 2.05) is 13.0 Å². The number of phenols is 1. The molecule has 1 aromatic heterocycles. The molecule has 0 spiro atoms. The summed E-state index contributed by atoms with van der Waals surface area (Å²) in [5, 5.41) is 16.3. The van der Waals surface area contributed by atoms with E-state index in [-0.39, 0.29) is 28.4 Å². The van der Waals surface area contributed by atoms with Gasteiger partial charge in [-0.25, -0.2) is 16.9 Å². The molecule has 0 radical (unpaired) electrons. The van der Waals surface area contributed by atoms with E-state index in [0.717, 1.165) is 9.87 Å². The lowest BCUT2D eigenvalue weighted by Gasteiger charge is -2.18. The average molecular weight is 502 g/mol. The van der Waals surface area contributed by atoms with Crippen LogP contribution in [-0.4, -0.2) is 47.8 Å². The molecule has 13 heteroatoms. The minimum absolute atomic E-state index is 0.00900. The predicted molar refractivity (Wildman–Crippen MR) is 125 cm³/mol. The number of nitrogens with one attached hydrogen (secondary N) is 2. The van der Waals surface area contributed by atoms with Crippen LogP contribution in [0.15, 0.2) is 42.6 Å². The Labute approximate surface area is 194 Å². The quantitative estimate of drug-likeness (QED) is 0.517. The van der Waals surface area contributed by atoms with E-state index >= 15 is 0 Å². The second-order valence-corrected chi connectivity index (χ2v) is 10.9. The largest absolute Gasteiger partial charge is 0.504 e. The van der Waals surface area contributed by atoms with Gasteiger partial charge in [-0.1, -0.05) is 25.4 Å². The van der Waals surface area contributed by atoms with Gasteiger partial charge >= 0.3 is 0 Å². The van der Waals surface area contributed by atoms with Crippen molar-refractivity contribution in [3.8, 4) is 5.75 Å². The molecule has 0 fully saturated rings. The summed E-state index contributed by atoms with van der Waals surface area (Å²) in [6.45, 7) is 5.94. The first-order chi connectivity index (χ1) is 14.9. The van der Waals surface area contributed by atoms with E-state index in [1.54, 1.807) is 6.26 Å². The van der Waals surface area contributed by atoms with Crippen molar-refractivity contribution in [1.82, 2.24) is 9.62 Å². The Morgan fingerprint density at radius 1 is 1.19 bits per heavy atom. The van der Waals surface area contributed by atoms with Crippen molar-refractivity contribution in [3.63, 3.8) is 0 Å². The van der Waals surface area contributed by atoms with Crippen LogP contribution in [0.25, 0.3) is 0 Å². The molecule has 2 aromatic rings. The topological polar surface area (TPSA) is 137 Å². The van der Waals surface area contributed by atoms with Crippen LogP contribution in [0.5, 0.6) is 5.75 Å². The third-order valence-corrected chi connectivity index (χ3v) is 7.72. The van der Waals surface area contributed by atoms with Crippen LogP contribution in [-0.2, 0) is 21.2 Å². The number of phenolic OH excluding ortho intramolecular Hbond substituents is 1. The molecule has 1 aliphatic heterocycles. The first kappa shape index (κ1) is 24.2. The fraction of sp³-hybridized carbons (Fsp3) is 0.368. The molecule has 0 saturated carbocycles. The van der Waals surface area contributed by atoms with Gasteiger partial charge in [0.2, 0.25) is 10.0 Å². The molecule has 0 aliphatic carbocycles. The summed E-state index contributed by atoms with van der Waals surface area (Å²) in [6, 6.07) is 4.31. The summed E-state index contributed by atoms with van der Waals surface area (Å²) in [7, 11) is -1.38. The van der Waals surface area contributed by atoms with Gasteiger partial charge in [0.15, 0.2) is 17.4 Å². The van der Waals surface area contributed by atoms with E-state index in [1.165, 1.54) is 26.2 Å². The lowest BCUT2D eigenvalue weighted by Crippen LogP contribution is -2.35. The number of amidine groups is 2. The fourth-order valence-corrected chi connectivity index (χ4v) is 4.92. The minimum Gasteiger partial charge on any atom is -0.504 e. The van der Waals surface area contributed by atoms with Crippen LogP contribution in [0.2, 0.25) is 5.02 Å². The Hall–Kier alpha value is -2.41. The van der Waals surface area contributed by atoms with E-state index in [0.29, 0.717) is 11.7 Å². The van der Waals surface area contributed by atoms with E-state index < -0.39 is 31.8 Å². The second-order valence-electron chi connectivity index (χ2n) is 7.60. The van der Waals surface area contributed by atoms with Crippen molar-refractivity contribution in [3.05, 3.63) is 40.8 Å². The fourth-order valence-electron chi connectivity index (χ4n) is 2.82. The third kappa shape index (κ3) is 4.82. The lowest BCUT2D eigenvalue weighted by atomic mass is 10.1. The summed E-state index contributed by atoms with van der Waals surface area (Å²) in [4.78, 5) is -0.453. The van der Waals surface area contributed by atoms with Gasteiger partial charge < -0.3 is 20.2 Å². The number of halogens is 1. The number of benzene rings is 1. The Kier molecular flexibility index (Phi) is 6.98. The normalized spacial score (nSPS) is 17.4. The van der Waals surface area contributed by atoms with Crippen molar-refractivity contribution >= 4 is 50.2 Å². The molecule has 0 bridgehead atoms. The summed E-state index contributed by atoms with van der Waals surface area (Å²) in [5.41, 5.74) is 1.05. The molecule has 0 amide bonds. The number of sulfonamides is 1. The second kappa shape index (κ2) is 9.22. The molecule has 174 valence electrons. The van der Waals surface area contributed by atoms with Gasteiger partial charge in [0, 0.05) is 14.1 Å². The molecule has 1 aromatic carbocycles. The highest BCUT2D eigenvalue weighted by Crippen LogP contribution is 2.38. The van der Waals surface area contributed by atoms with Crippen LogP contribution in [0.3, 0.4) is 0 Å². The SMILES string of the molecule is CC(C)c1coc(C(C)NC2=NS(=O)N=C2Nc2ccc(Cl)c(S(=O)(=O)N(C)C)c2O)c1. The molecular weight excluding hydrogens is 478 g/mol. The molecular formula is C19H24ClN5O5S2. The maximum Gasteiger partial charge on any atom is 0.269 e. The van der Waals surface area contributed by atoms with Crippen LogP contribution in [0.1, 0.15) is 44.1 Å². The zero-order chi connectivity index (χ0) is 23.8. The van der Waals surface area contributed by atoms with Crippen molar-refractivity contribution < 1.29 is 22.2 Å². The number of furan rings is 1. The maximum atomic E-state index is 12.6.